The van der Waals surface area contributed by atoms with Crippen LogP contribution >= 0.6 is 0 Å². The topological polar surface area (TPSA) is 88.0 Å². The van der Waals surface area contributed by atoms with Crippen LogP contribution in [0.2, 0.25) is 0 Å². The average molecular weight is 492 g/mol. The van der Waals surface area contributed by atoms with Gasteiger partial charge in [0.05, 0.1) is 5.52 Å². The number of aromatic nitrogens is 4. The molecule has 0 atom stereocenters. The number of ether oxygens (including phenoxy) is 1. The second kappa shape index (κ2) is 12.9. The summed E-state index contributed by atoms with van der Waals surface area (Å²) < 4.78 is 11.4. The van der Waals surface area contributed by atoms with Gasteiger partial charge in [-0.3, -0.25) is 9.97 Å². The molecule has 0 fully saturated rings. The summed E-state index contributed by atoms with van der Waals surface area (Å²) in [6.07, 6.45) is 5.28. The number of hydrogen-bond donors (Lipinski definition) is 0. The van der Waals surface area contributed by atoms with Crippen molar-refractivity contribution in [2.75, 3.05) is 0 Å². The van der Waals surface area contributed by atoms with Gasteiger partial charge in [-0.15, -0.1) is 12.2 Å². The van der Waals surface area contributed by atoms with E-state index in [0.717, 1.165) is 44.8 Å². The Morgan fingerprint density at radius 3 is 2.46 bits per heavy atom. The largest absolute Gasteiger partial charge is 1.00 e. The van der Waals surface area contributed by atoms with Crippen molar-refractivity contribution in [2.24, 2.45) is 0 Å². The Morgan fingerprint density at radius 1 is 0.914 bits per heavy atom. The molecule has 0 aliphatic rings. The predicted molar refractivity (Wildman–Crippen MR) is 133 cm³/mol. The molecule has 3 heterocycles. The molecular formula is C27H26KN5O2. The van der Waals surface area contributed by atoms with Gasteiger partial charge in [0.1, 0.15) is 11.5 Å². The Balaban J connectivity index is 0.00000111. The van der Waals surface area contributed by atoms with Gasteiger partial charge in [0.2, 0.25) is 11.7 Å². The van der Waals surface area contributed by atoms with Crippen LogP contribution in [0.3, 0.4) is 0 Å². The summed E-state index contributed by atoms with van der Waals surface area (Å²) in [6, 6.07) is 17.5. The molecule has 3 aromatic heterocycles. The van der Waals surface area contributed by atoms with E-state index in [4.69, 9.17) is 14.6 Å². The number of fused-ring (bicyclic) bond motifs is 1. The monoisotopic (exact) mass is 491 g/mol. The molecule has 0 spiro atoms. The number of hydrogen-bond acceptors (Lipinski definition) is 6. The molecule has 0 aliphatic carbocycles. The molecule has 2 aromatic carbocycles. The third-order valence-electron chi connectivity index (χ3n) is 5.15. The average Bonchev–Trinajstić information content (AvgIpc) is 3.32. The first kappa shape index (κ1) is 27.0. The summed E-state index contributed by atoms with van der Waals surface area (Å²) in [5, 5.41) is 9.63. The van der Waals surface area contributed by atoms with Crippen molar-refractivity contribution in [2.45, 2.75) is 34.2 Å². The summed E-state index contributed by atoms with van der Waals surface area (Å²) >= 11 is 0. The zero-order chi connectivity index (χ0) is 23.9. The minimum atomic E-state index is 0. The van der Waals surface area contributed by atoms with Crippen molar-refractivity contribution in [3.63, 3.8) is 0 Å². The molecule has 8 heteroatoms. The van der Waals surface area contributed by atoms with Crippen molar-refractivity contribution >= 4 is 16.6 Å². The van der Waals surface area contributed by atoms with E-state index in [2.05, 4.69) is 20.1 Å². The van der Waals surface area contributed by atoms with Crippen molar-refractivity contribution in [1.29, 1.82) is 0 Å². The molecule has 7 nitrogen and oxygen atoms in total. The second-order valence-electron chi connectivity index (χ2n) is 7.35. The van der Waals surface area contributed by atoms with Crippen LogP contribution in [0, 0.1) is 13.8 Å². The van der Waals surface area contributed by atoms with E-state index in [1.807, 2.05) is 75.4 Å². The van der Waals surface area contributed by atoms with Crippen LogP contribution in [0.4, 0.5) is 5.69 Å². The summed E-state index contributed by atoms with van der Waals surface area (Å²) in [7, 11) is 0. The zero-order valence-electron chi connectivity index (χ0n) is 20.7. The molecule has 0 amide bonds. The Bertz CT molecular complexity index is 1390. The van der Waals surface area contributed by atoms with E-state index < -0.39 is 0 Å². The molecule has 0 N–H and O–H groups in total. The summed E-state index contributed by atoms with van der Waals surface area (Å²) in [5.41, 5.74) is 4.61. The molecule has 35 heavy (non-hydrogen) atoms. The van der Waals surface area contributed by atoms with Crippen LogP contribution < -0.4 is 56.1 Å². The van der Waals surface area contributed by atoms with Gasteiger partial charge >= 0.3 is 51.4 Å². The first-order chi connectivity index (χ1) is 16.7. The third-order valence-corrected chi connectivity index (χ3v) is 5.15. The molecular weight excluding hydrogens is 465 g/mol. The van der Waals surface area contributed by atoms with E-state index in [-0.39, 0.29) is 51.4 Å². The minimum Gasteiger partial charge on any atom is -0.680 e. The van der Waals surface area contributed by atoms with E-state index in [0.29, 0.717) is 18.3 Å². The van der Waals surface area contributed by atoms with Gasteiger partial charge in [-0.1, -0.05) is 42.8 Å². The van der Waals surface area contributed by atoms with Crippen molar-refractivity contribution < 1.29 is 60.6 Å². The van der Waals surface area contributed by atoms with Crippen LogP contribution in [-0.4, -0.2) is 20.1 Å². The van der Waals surface area contributed by atoms with Crippen LogP contribution in [0.1, 0.15) is 30.9 Å². The van der Waals surface area contributed by atoms with E-state index in [9.17, 15) is 0 Å². The molecule has 0 saturated heterocycles. The Labute approximate surface area is 247 Å². The summed E-state index contributed by atoms with van der Waals surface area (Å²) in [4.78, 5) is 12.8. The number of aryl methyl sites for hydroxylation is 1. The van der Waals surface area contributed by atoms with Gasteiger partial charge in [-0.2, -0.15) is 4.98 Å². The van der Waals surface area contributed by atoms with Crippen LogP contribution in [0.15, 0.2) is 77.7 Å². The number of rotatable bonds is 6. The van der Waals surface area contributed by atoms with Gasteiger partial charge in [0.25, 0.3) is 0 Å². The quantitative estimate of drug-likeness (QED) is 0.329. The fraction of sp³-hybridized carbons (Fsp3) is 0.185. The Hall–Kier alpha value is -2.62. The first-order valence-corrected chi connectivity index (χ1v) is 11.2. The molecule has 0 radical (unpaired) electrons. The van der Waals surface area contributed by atoms with Gasteiger partial charge in [-0.05, 0) is 48.9 Å². The third kappa shape index (κ3) is 6.53. The maximum absolute atomic E-state index is 6.31. The molecule has 0 aliphatic heterocycles. The molecule has 5 rings (SSSR count). The van der Waals surface area contributed by atoms with E-state index >= 15 is 0 Å². The molecule has 172 valence electrons. The SMILES string of the molecule is CC.Cc1nc(-c2ccc3c(Oc4cccc([N-]Cc5ccncc5)c4C)ccnc3c2)no1.[K+]. The van der Waals surface area contributed by atoms with Crippen LogP contribution in [0.25, 0.3) is 27.6 Å². The van der Waals surface area contributed by atoms with E-state index in [1.54, 1.807) is 25.5 Å². The van der Waals surface area contributed by atoms with Gasteiger partial charge < -0.3 is 14.6 Å². The van der Waals surface area contributed by atoms with Gasteiger partial charge in [0, 0.05) is 36.5 Å². The zero-order valence-corrected chi connectivity index (χ0v) is 23.8. The van der Waals surface area contributed by atoms with Crippen molar-refractivity contribution in [3.8, 4) is 22.9 Å². The fourth-order valence-corrected chi connectivity index (χ4v) is 3.43. The summed E-state index contributed by atoms with van der Waals surface area (Å²) in [6.45, 7) is 8.37. The molecule has 0 unspecified atom stereocenters. The van der Waals surface area contributed by atoms with Gasteiger partial charge in [-0.25, -0.2) is 0 Å². The van der Waals surface area contributed by atoms with Crippen molar-refractivity contribution in [1.82, 2.24) is 20.1 Å². The number of nitrogens with zero attached hydrogens (tertiary/aromatic N) is 5. The standard InChI is InChI=1S/C25H20N5O2.C2H6.K/c1-16-21(28-15-18-8-11-26-12-9-18)4-3-5-23(16)31-24-10-13-27-22-14-19(6-7-20(22)24)25-29-17(2)32-30-25;1-2;/h3-14H,15H2,1-2H3;1-2H3;/q-1;;+1. The second-order valence-corrected chi connectivity index (χ2v) is 7.35. The molecule has 0 saturated carbocycles. The Kier molecular flexibility index (Phi) is 9.94. The number of pyridine rings is 2. The smallest absolute Gasteiger partial charge is 0.680 e. The maximum Gasteiger partial charge on any atom is 1.00 e. The predicted octanol–water partition coefficient (Wildman–Crippen LogP) is 4.32. The van der Waals surface area contributed by atoms with Crippen molar-refractivity contribution in [3.05, 3.63) is 95.5 Å². The fourth-order valence-electron chi connectivity index (χ4n) is 3.43. The normalized spacial score (nSPS) is 10.2. The molecule has 0 bridgehead atoms. The van der Waals surface area contributed by atoms with Crippen LogP contribution in [-0.2, 0) is 6.54 Å². The van der Waals surface area contributed by atoms with Crippen LogP contribution in [0.5, 0.6) is 11.5 Å². The maximum atomic E-state index is 6.31. The molecule has 5 aromatic rings. The number of benzene rings is 2. The van der Waals surface area contributed by atoms with E-state index in [1.165, 1.54) is 0 Å². The Morgan fingerprint density at radius 2 is 1.71 bits per heavy atom. The van der Waals surface area contributed by atoms with Gasteiger partial charge in [0.15, 0.2) is 0 Å². The first-order valence-electron chi connectivity index (χ1n) is 11.2. The summed E-state index contributed by atoms with van der Waals surface area (Å²) in [5.74, 6) is 2.54. The minimum absolute atomic E-state index is 0.